The summed E-state index contributed by atoms with van der Waals surface area (Å²) in [5.74, 6) is 0.600. The first kappa shape index (κ1) is 18.9. The van der Waals surface area contributed by atoms with Crippen molar-refractivity contribution in [2.45, 2.75) is 19.3 Å². The Morgan fingerprint density at radius 2 is 1.82 bits per heavy atom. The fourth-order valence-electron chi connectivity index (χ4n) is 4.30. The minimum Gasteiger partial charge on any atom is -0.369 e. The molecule has 2 saturated heterocycles. The van der Waals surface area contributed by atoms with Gasteiger partial charge in [-0.2, -0.15) is 0 Å². The molecule has 4 rings (SSSR count). The van der Waals surface area contributed by atoms with Crippen LogP contribution in [0.1, 0.15) is 18.5 Å². The van der Waals surface area contributed by atoms with Gasteiger partial charge in [0.1, 0.15) is 0 Å². The summed E-state index contributed by atoms with van der Waals surface area (Å²) in [4.78, 5) is 28.4. The number of hydrogen-bond acceptors (Lipinski definition) is 5. The van der Waals surface area contributed by atoms with E-state index >= 15 is 0 Å². The maximum absolute atomic E-state index is 13.0. The molecule has 28 heavy (non-hydrogen) atoms. The zero-order valence-corrected chi connectivity index (χ0v) is 16.4. The molecule has 0 N–H and O–H groups in total. The fraction of sp³-hybridized carbons (Fsp3) is 0.500. The number of nitrogens with zero attached hydrogens (tertiary/aromatic N) is 5. The van der Waals surface area contributed by atoms with E-state index in [9.17, 15) is 4.79 Å². The van der Waals surface area contributed by atoms with Crippen molar-refractivity contribution in [1.82, 2.24) is 19.8 Å². The van der Waals surface area contributed by atoms with Crippen molar-refractivity contribution in [2.75, 3.05) is 50.7 Å². The van der Waals surface area contributed by atoms with Crippen molar-refractivity contribution in [3.8, 4) is 0 Å². The highest BCUT2D eigenvalue weighted by Crippen LogP contribution is 2.21. The van der Waals surface area contributed by atoms with E-state index in [1.165, 1.54) is 18.5 Å². The molecule has 6 nitrogen and oxygen atoms in total. The highest BCUT2D eigenvalue weighted by atomic mass is 16.2. The van der Waals surface area contributed by atoms with Crippen LogP contribution in [0, 0.1) is 5.92 Å². The summed E-state index contributed by atoms with van der Waals surface area (Å²) in [5.41, 5.74) is 2.22. The van der Waals surface area contributed by atoms with Gasteiger partial charge in [-0.05, 0) is 50.4 Å². The Morgan fingerprint density at radius 3 is 2.57 bits per heavy atom. The Morgan fingerprint density at radius 1 is 1.00 bits per heavy atom. The minimum atomic E-state index is 0.265. The van der Waals surface area contributed by atoms with Crippen molar-refractivity contribution < 1.29 is 4.79 Å². The minimum absolute atomic E-state index is 0.265. The van der Waals surface area contributed by atoms with Crippen LogP contribution < -0.4 is 4.90 Å². The van der Waals surface area contributed by atoms with Crippen LogP contribution >= 0.6 is 0 Å². The molecule has 1 atom stereocenters. The van der Waals surface area contributed by atoms with E-state index < -0.39 is 0 Å². The summed E-state index contributed by atoms with van der Waals surface area (Å²) in [6, 6.07) is 10.5. The Bertz CT molecular complexity index is 748. The lowest BCUT2D eigenvalue weighted by Crippen LogP contribution is -2.42. The van der Waals surface area contributed by atoms with Crippen LogP contribution in [0.3, 0.4) is 0 Å². The number of carbonyl (C=O) groups is 1. The van der Waals surface area contributed by atoms with Crippen molar-refractivity contribution in [3.05, 3.63) is 54.6 Å². The molecule has 2 aliphatic heterocycles. The molecule has 0 aliphatic carbocycles. The van der Waals surface area contributed by atoms with Gasteiger partial charge in [0.05, 0.1) is 12.2 Å². The average molecular weight is 380 g/mol. The molecule has 0 bridgehead atoms. The number of para-hydroxylation sites is 1. The zero-order chi connectivity index (χ0) is 19.2. The van der Waals surface area contributed by atoms with E-state index in [-0.39, 0.29) is 5.91 Å². The molecule has 2 aliphatic rings. The topological polar surface area (TPSA) is 52.6 Å². The van der Waals surface area contributed by atoms with E-state index in [0.717, 1.165) is 51.4 Å². The Balaban J connectivity index is 1.48. The van der Waals surface area contributed by atoms with Crippen molar-refractivity contribution in [2.24, 2.45) is 5.92 Å². The van der Waals surface area contributed by atoms with Gasteiger partial charge in [-0.3, -0.25) is 19.7 Å². The lowest BCUT2D eigenvalue weighted by Gasteiger charge is -2.26. The molecule has 1 aromatic heterocycles. The summed E-state index contributed by atoms with van der Waals surface area (Å²) < 4.78 is 0. The predicted octanol–water partition coefficient (Wildman–Crippen LogP) is 2.08. The maximum atomic E-state index is 13.0. The van der Waals surface area contributed by atoms with Crippen molar-refractivity contribution >= 4 is 11.6 Å². The highest BCUT2D eigenvalue weighted by Gasteiger charge is 2.27. The van der Waals surface area contributed by atoms with Crippen molar-refractivity contribution in [1.29, 1.82) is 0 Å². The first-order chi connectivity index (χ1) is 13.8. The van der Waals surface area contributed by atoms with Crippen LogP contribution in [0.25, 0.3) is 0 Å². The van der Waals surface area contributed by atoms with E-state index in [0.29, 0.717) is 12.5 Å². The van der Waals surface area contributed by atoms with Gasteiger partial charge in [-0.15, -0.1) is 0 Å². The number of amides is 1. The van der Waals surface area contributed by atoms with Crippen molar-refractivity contribution in [3.63, 3.8) is 0 Å². The first-order valence-electron chi connectivity index (χ1n) is 10.3. The number of rotatable bonds is 5. The number of anilines is 1. The molecule has 0 saturated carbocycles. The number of aromatic nitrogens is 2. The molecular weight excluding hydrogens is 350 g/mol. The average Bonchev–Trinajstić information content (AvgIpc) is 3.14. The van der Waals surface area contributed by atoms with E-state index in [4.69, 9.17) is 0 Å². The Kier molecular flexibility index (Phi) is 6.17. The molecular formula is C22H29N5O. The Labute approximate surface area is 167 Å². The third-order valence-corrected chi connectivity index (χ3v) is 5.74. The monoisotopic (exact) mass is 379 g/mol. The largest absolute Gasteiger partial charge is 0.369 e. The van der Waals surface area contributed by atoms with Gasteiger partial charge in [0, 0.05) is 50.5 Å². The summed E-state index contributed by atoms with van der Waals surface area (Å²) in [6.07, 6.45) is 8.56. The Hall–Kier alpha value is -2.47. The van der Waals surface area contributed by atoms with Crippen LogP contribution in [0.2, 0.25) is 0 Å². The third-order valence-electron chi connectivity index (χ3n) is 5.74. The molecule has 6 heteroatoms. The molecule has 3 heterocycles. The predicted molar refractivity (Wildman–Crippen MR) is 110 cm³/mol. The maximum Gasteiger partial charge on any atom is 0.236 e. The molecule has 1 aromatic carbocycles. The highest BCUT2D eigenvalue weighted by molar-refractivity contribution is 5.78. The second-order valence-electron chi connectivity index (χ2n) is 7.87. The zero-order valence-electron chi connectivity index (χ0n) is 16.4. The van der Waals surface area contributed by atoms with Gasteiger partial charge in [-0.25, -0.2) is 0 Å². The summed E-state index contributed by atoms with van der Waals surface area (Å²) in [6.45, 7) is 6.02. The van der Waals surface area contributed by atoms with Gasteiger partial charge in [0.25, 0.3) is 0 Å². The van der Waals surface area contributed by atoms with E-state index in [1.54, 1.807) is 12.4 Å². The van der Waals surface area contributed by atoms with Gasteiger partial charge in [0.15, 0.2) is 0 Å². The number of carbonyl (C=O) groups excluding carboxylic acids is 1. The lowest BCUT2D eigenvalue weighted by atomic mass is 10.0. The first-order valence-corrected chi connectivity index (χ1v) is 10.3. The standard InChI is InChI=1S/C22H29N5O/c28-22(18-25-10-4-5-11-25)27-13-12-26(21-6-2-1-3-7-21)16-19(17-27)14-20-15-23-8-9-24-20/h1-3,6-9,15,19H,4-5,10-14,16-18H2/t19-/m1/s1. The smallest absolute Gasteiger partial charge is 0.236 e. The summed E-state index contributed by atoms with van der Waals surface area (Å²) in [7, 11) is 0. The number of benzene rings is 1. The van der Waals surface area contributed by atoms with Gasteiger partial charge in [0.2, 0.25) is 5.91 Å². The van der Waals surface area contributed by atoms with E-state index in [1.807, 2.05) is 12.3 Å². The second-order valence-corrected chi connectivity index (χ2v) is 7.87. The third kappa shape index (κ3) is 4.87. The van der Waals surface area contributed by atoms with Crippen LogP contribution in [-0.4, -0.2) is 71.5 Å². The summed E-state index contributed by atoms with van der Waals surface area (Å²) in [5, 5.41) is 0. The van der Waals surface area contributed by atoms with Crippen LogP contribution in [-0.2, 0) is 11.2 Å². The molecule has 0 unspecified atom stereocenters. The normalized spacial score (nSPS) is 20.9. The number of likely N-dealkylation sites (tertiary alicyclic amines) is 1. The lowest BCUT2D eigenvalue weighted by molar-refractivity contribution is -0.132. The van der Waals surface area contributed by atoms with Gasteiger partial charge >= 0.3 is 0 Å². The molecule has 0 spiro atoms. The van der Waals surface area contributed by atoms with Crippen LogP contribution in [0.4, 0.5) is 5.69 Å². The molecule has 2 fully saturated rings. The van der Waals surface area contributed by atoms with Gasteiger partial charge in [-0.1, -0.05) is 18.2 Å². The van der Waals surface area contributed by atoms with Gasteiger partial charge < -0.3 is 9.80 Å². The molecule has 1 amide bonds. The van der Waals surface area contributed by atoms with E-state index in [2.05, 4.69) is 48.9 Å². The fourth-order valence-corrected chi connectivity index (χ4v) is 4.30. The molecule has 0 radical (unpaired) electrons. The molecule has 148 valence electrons. The molecule has 2 aromatic rings. The van der Waals surface area contributed by atoms with Crippen LogP contribution in [0.15, 0.2) is 48.9 Å². The quantitative estimate of drug-likeness (QED) is 0.796. The SMILES string of the molecule is O=C(CN1CCCC1)N1CCN(c2ccccc2)C[C@@H](Cc2cnccn2)C1. The van der Waals surface area contributed by atoms with Crippen LogP contribution in [0.5, 0.6) is 0 Å². The summed E-state index contributed by atoms with van der Waals surface area (Å²) >= 11 is 0. The second kappa shape index (κ2) is 9.15. The number of hydrogen-bond donors (Lipinski definition) is 0.